The molecule has 1 unspecified atom stereocenters. The van der Waals surface area contributed by atoms with Crippen molar-refractivity contribution in [2.75, 3.05) is 24.6 Å². The first-order valence-electron chi connectivity index (χ1n) is 7.55. The summed E-state index contributed by atoms with van der Waals surface area (Å²) in [7, 11) is 0. The van der Waals surface area contributed by atoms with Crippen LogP contribution in [0, 0.1) is 0 Å². The Labute approximate surface area is 123 Å². The van der Waals surface area contributed by atoms with Crippen molar-refractivity contribution in [3.63, 3.8) is 0 Å². The van der Waals surface area contributed by atoms with Gasteiger partial charge in [-0.25, -0.2) is 0 Å². The van der Waals surface area contributed by atoms with Crippen LogP contribution in [0.5, 0.6) is 0 Å². The highest BCUT2D eigenvalue weighted by molar-refractivity contribution is 5.47. The van der Waals surface area contributed by atoms with E-state index in [-0.39, 0.29) is 6.10 Å². The molecule has 0 aromatic carbocycles. The van der Waals surface area contributed by atoms with Crippen molar-refractivity contribution in [2.24, 2.45) is 0 Å². The molecule has 110 valence electrons. The van der Waals surface area contributed by atoms with Crippen LogP contribution in [-0.2, 0) is 4.74 Å². The van der Waals surface area contributed by atoms with Gasteiger partial charge in [-0.1, -0.05) is 6.08 Å². The van der Waals surface area contributed by atoms with E-state index in [1.54, 1.807) is 6.08 Å². The zero-order chi connectivity index (χ0) is 14.2. The average molecular weight is 285 g/mol. The minimum absolute atomic E-state index is 0.268. The normalized spacial score (nSPS) is 22.1. The summed E-state index contributed by atoms with van der Waals surface area (Å²) >= 11 is 0. The number of hydrogen-bond acceptors (Lipinski definition) is 5. The van der Waals surface area contributed by atoms with Crippen LogP contribution in [0.2, 0.25) is 0 Å². The van der Waals surface area contributed by atoms with E-state index in [9.17, 15) is 0 Å². The minimum Gasteiger partial charge on any atom is -0.372 e. The third kappa shape index (κ3) is 2.40. The predicted octanol–water partition coefficient (Wildman–Crippen LogP) is 1.78. The standard InChI is InChI=1S/C15H19N5O/c1-2-9-21-12-7-8-19(10-12)14-6-5-13-16-17-15(11-3-4-11)20(13)18-14/h2,5-6,11-12H,1,3-4,7-10H2. The summed E-state index contributed by atoms with van der Waals surface area (Å²) in [6.45, 7) is 6.16. The van der Waals surface area contributed by atoms with E-state index in [2.05, 4.69) is 21.7 Å². The van der Waals surface area contributed by atoms with Crippen LogP contribution in [0.1, 0.15) is 31.0 Å². The smallest absolute Gasteiger partial charge is 0.178 e. The summed E-state index contributed by atoms with van der Waals surface area (Å²) in [5, 5.41) is 13.2. The summed E-state index contributed by atoms with van der Waals surface area (Å²) in [5.41, 5.74) is 0.833. The van der Waals surface area contributed by atoms with Crippen LogP contribution in [0.15, 0.2) is 24.8 Å². The fourth-order valence-corrected chi connectivity index (χ4v) is 2.84. The van der Waals surface area contributed by atoms with Gasteiger partial charge in [-0.3, -0.25) is 0 Å². The summed E-state index contributed by atoms with van der Waals surface area (Å²) in [5.74, 6) is 2.53. The second-order valence-corrected chi connectivity index (χ2v) is 5.77. The molecule has 1 aliphatic carbocycles. The molecule has 0 bridgehead atoms. The molecule has 2 fully saturated rings. The monoisotopic (exact) mass is 285 g/mol. The molecule has 1 aliphatic heterocycles. The molecule has 0 amide bonds. The van der Waals surface area contributed by atoms with Gasteiger partial charge >= 0.3 is 0 Å². The molecular weight excluding hydrogens is 266 g/mol. The zero-order valence-electron chi connectivity index (χ0n) is 12.0. The third-order valence-corrected chi connectivity index (χ3v) is 4.13. The second kappa shape index (κ2) is 5.11. The highest BCUT2D eigenvalue weighted by atomic mass is 16.5. The molecule has 0 radical (unpaired) electrons. The fourth-order valence-electron chi connectivity index (χ4n) is 2.84. The number of fused-ring (bicyclic) bond motifs is 1. The van der Waals surface area contributed by atoms with Gasteiger partial charge in [-0.15, -0.1) is 21.9 Å². The first-order valence-corrected chi connectivity index (χ1v) is 7.55. The Morgan fingerprint density at radius 2 is 2.19 bits per heavy atom. The summed E-state index contributed by atoms with van der Waals surface area (Å²) in [4.78, 5) is 2.27. The highest BCUT2D eigenvalue weighted by Gasteiger charge is 2.30. The van der Waals surface area contributed by atoms with E-state index < -0.39 is 0 Å². The van der Waals surface area contributed by atoms with Gasteiger partial charge < -0.3 is 9.64 Å². The van der Waals surface area contributed by atoms with Gasteiger partial charge in [0, 0.05) is 19.0 Å². The van der Waals surface area contributed by atoms with Crippen molar-refractivity contribution in [1.29, 1.82) is 0 Å². The van der Waals surface area contributed by atoms with E-state index >= 15 is 0 Å². The molecule has 1 saturated carbocycles. The van der Waals surface area contributed by atoms with Crippen molar-refractivity contribution < 1.29 is 4.74 Å². The van der Waals surface area contributed by atoms with Crippen molar-refractivity contribution >= 4 is 11.5 Å². The zero-order valence-corrected chi connectivity index (χ0v) is 12.0. The van der Waals surface area contributed by atoms with Crippen molar-refractivity contribution in [3.8, 4) is 0 Å². The Bertz CT molecular complexity index is 663. The Kier molecular flexibility index (Phi) is 3.11. The van der Waals surface area contributed by atoms with Crippen LogP contribution in [0.25, 0.3) is 5.65 Å². The maximum Gasteiger partial charge on any atom is 0.178 e. The maximum atomic E-state index is 5.73. The van der Waals surface area contributed by atoms with E-state index in [1.807, 2.05) is 16.6 Å². The van der Waals surface area contributed by atoms with Crippen LogP contribution in [-0.4, -0.2) is 45.6 Å². The molecule has 4 rings (SSSR count). The van der Waals surface area contributed by atoms with Crippen molar-refractivity contribution in [2.45, 2.75) is 31.3 Å². The van der Waals surface area contributed by atoms with Crippen molar-refractivity contribution in [3.05, 3.63) is 30.6 Å². The van der Waals surface area contributed by atoms with Gasteiger partial charge in [0.25, 0.3) is 0 Å². The van der Waals surface area contributed by atoms with E-state index in [0.29, 0.717) is 12.5 Å². The van der Waals surface area contributed by atoms with Gasteiger partial charge in [0.15, 0.2) is 11.5 Å². The fraction of sp³-hybridized carbons (Fsp3) is 0.533. The molecule has 6 nitrogen and oxygen atoms in total. The number of hydrogen-bond donors (Lipinski definition) is 0. The molecule has 6 heteroatoms. The molecular formula is C15H19N5O. The summed E-state index contributed by atoms with van der Waals surface area (Å²) in [6, 6.07) is 4.02. The Hall–Kier alpha value is -1.95. The lowest BCUT2D eigenvalue weighted by molar-refractivity contribution is 0.0909. The number of rotatable bonds is 5. The van der Waals surface area contributed by atoms with Crippen LogP contribution in [0.3, 0.4) is 0 Å². The molecule has 2 aliphatic rings. The third-order valence-electron chi connectivity index (χ3n) is 4.13. The molecule has 2 aromatic heterocycles. The SMILES string of the molecule is C=CCOC1CCN(c2ccc3nnc(C4CC4)n3n2)C1. The number of nitrogens with zero attached hydrogens (tertiary/aromatic N) is 5. The number of ether oxygens (including phenoxy) is 1. The van der Waals surface area contributed by atoms with Crippen LogP contribution in [0.4, 0.5) is 5.82 Å². The second-order valence-electron chi connectivity index (χ2n) is 5.77. The van der Waals surface area contributed by atoms with E-state index in [1.165, 1.54) is 12.8 Å². The van der Waals surface area contributed by atoms with Gasteiger partial charge in [-0.2, -0.15) is 4.52 Å². The lowest BCUT2D eigenvalue weighted by Crippen LogP contribution is -2.24. The van der Waals surface area contributed by atoms with Gasteiger partial charge in [0.1, 0.15) is 5.82 Å². The Morgan fingerprint density at radius 1 is 1.29 bits per heavy atom. The Balaban J connectivity index is 1.56. The van der Waals surface area contributed by atoms with Gasteiger partial charge in [-0.05, 0) is 31.4 Å². The predicted molar refractivity (Wildman–Crippen MR) is 79.5 cm³/mol. The van der Waals surface area contributed by atoms with E-state index in [0.717, 1.165) is 36.8 Å². The quantitative estimate of drug-likeness (QED) is 0.784. The topological polar surface area (TPSA) is 55.5 Å². The Morgan fingerprint density at radius 3 is 3.00 bits per heavy atom. The number of aromatic nitrogens is 4. The van der Waals surface area contributed by atoms with E-state index in [4.69, 9.17) is 9.84 Å². The molecule has 1 atom stereocenters. The first kappa shape index (κ1) is 12.8. The lowest BCUT2D eigenvalue weighted by atomic mass is 10.3. The molecule has 1 saturated heterocycles. The van der Waals surface area contributed by atoms with Gasteiger partial charge in [0.2, 0.25) is 0 Å². The molecule has 2 aromatic rings. The number of anilines is 1. The first-order chi connectivity index (χ1) is 10.3. The van der Waals surface area contributed by atoms with Gasteiger partial charge in [0.05, 0.1) is 12.7 Å². The van der Waals surface area contributed by atoms with Crippen LogP contribution >= 0.6 is 0 Å². The maximum absolute atomic E-state index is 5.73. The van der Waals surface area contributed by atoms with Crippen molar-refractivity contribution in [1.82, 2.24) is 19.8 Å². The molecule has 3 heterocycles. The largest absolute Gasteiger partial charge is 0.372 e. The molecule has 0 N–H and O–H groups in total. The highest BCUT2D eigenvalue weighted by Crippen LogP contribution is 2.38. The van der Waals surface area contributed by atoms with Crippen LogP contribution < -0.4 is 4.90 Å². The minimum atomic E-state index is 0.268. The molecule has 21 heavy (non-hydrogen) atoms. The summed E-state index contributed by atoms with van der Waals surface area (Å²) in [6.07, 6.45) is 5.50. The molecule has 0 spiro atoms. The average Bonchev–Trinajstić information content (AvgIpc) is 3.10. The lowest BCUT2D eigenvalue weighted by Gasteiger charge is -2.17. The summed E-state index contributed by atoms with van der Waals surface area (Å²) < 4.78 is 7.64.